The Balaban J connectivity index is 2.23. The van der Waals surface area contributed by atoms with Gasteiger partial charge >= 0.3 is 6.09 Å². The maximum absolute atomic E-state index is 11.7. The molecule has 1 aliphatic carbocycles. The van der Waals surface area contributed by atoms with E-state index in [4.69, 9.17) is 14.2 Å². The molecule has 0 aromatic heterocycles. The van der Waals surface area contributed by atoms with E-state index in [-0.39, 0.29) is 12.1 Å². The zero-order chi connectivity index (χ0) is 14.3. The third-order valence-corrected chi connectivity index (χ3v) is 2.90. The molecule has 1 N–H and O–H groups in total. The first-order chi connectivity index (χ1) is 8.92. The van der Waals surface area contributed by atoms with Gasteiger partial charge in [0.1, 0.15) is 5.60 Å². The van der Waals surface area contributed by atoms with Gasteiger partial charge in [0.05, 0.1) is 13.2 Å². The van der Waals surface area contributed by atoms with Crippen molar-refractivity contribution in [2.75, 3.05) is 26.9 Å². The molecule has 1 amide bonds. The first-order valence-corrected chi connectivity index (χ1v) is 6.98. The van der Waals surface area contributed by atoms with E-state index >= 15 is 0 Å². The van der Waals surface area contributed by atoms with E-state index in [2.05, 4.69) is 5.32 Å². The molecule has 1 fully saturated rings. The van der Waals surface area contributed by atoms with E-state index in [9.17, 15) is 4.79 Å². The summed E-state index contributed by atoms with van der Waals surface area (Å²) < 4.78 is 15.6. The van der Waals surface area contributed by atoms with Crippen molar-refractivity contribution in [3.8, 4) is 0 Å². The van der Waals surface area contributed by atoms with Crippen molar-refractivity contribution in [2.24, 2.45) is 5.92 Å². The van der Waals surface area contributed by atoms with Crippen LogP contribution in [0.4, 0.5) is 4.79 Å². The van der Waals surface area contributed by atoms with Gasteiger partial charge in [-0.05, 0) is 46.0 Å². The van der Waals surface area contributed by atoms with Crippen molar-refractivity contribution in [3.63, 3.8) is 0 Å². The monoisotopic (exact) mass is 273 g/mol. The first-order valence-electron chi connectivity index (χ1n) is 6.98. The summed E-state index contributed by atoms with van der Waals surface area (Å²) in [5, 5.41) is 2.95. The van der Waals surface area contributed by atoms with Crippen molar-refractivity contribution in [1.29, 1.82) is 0 Å². The van der Waals surface area contributed by atoms with Crippen LogP contribution in [-0.2, 0) is 14.2 Å². The standard InChI is InChI=1S/C14H27NO4/c1-14(2,3)19-13(16)15-12(11-5-6-11)7-8-18-10-9-17-4/h11-12H,5-10H2,1-4H3,(H,15,16)/t12-/m0/s1. The molecule has 0 aromatic carbocycles. The Hall–Kier alpha value is -0.810. The third kappa shape index (κ3) is 8.06. The zero-order valence-electron chi connectivity index (χ0n) is 12.5. The summed E-state index contributed by atoms with van der Waals surface area (Å²) in [5.74, 6) is 0.582. The van der Waals surface area contributed by atoms with Crippen LogP contribution in [0, 0.1) is 5.92 Å². The number of ether oxygens (including phenoxy) is 3. The second-order valence-corrected chi connectivity index (χ2v) is 5.98. The highest BCUT2D eigenvalue weighted by atomic mass is 16.6. The van der Waals surface area contributed by atoms with E-state index in [0.717, 1.165) is 6.42 Å². The number of amides is 1. The summed E-state index contributed by atoms with van der Waals surface area (Å²) in [5.41, 5.74) is -0.451. The molecule has 5 heteroatoms. The number of hydrogen-bond donors (Lipinski definition) is 1. The van der Waals surface area contributed by atoms with Crippen LogP contribution in [0.1, 0.15) is 40.0 Å². The van der Waals surface area contributed by atoms with Gasteiger partial charge in [0, 0.05) is 19.8 Å². The Labute approximate surface area is 116 Å². The third-order valence-electron chi connectivity index (χ3n) is 2.90. The molecule has 0 spiro atoms. The van der Waals surface area contributed by atoms with Gasteiger partial charge in [-0.15, -0.1) is 0 Å². The second kappa shape index (κ2) is 7.70. The molecule has 1 saturated carbocycles. The highest BCUT2D eigenvalue weighted by Crippen LogP contribution is 2.34. The molecule has 0 radical (unpaired) electrons. The lowest BCUT2D eigenvalue weighted by molar-refractivity contribution is 0.0449. The van der Waals surface area contributed by atoms with Crippen molar-refractivity contribution in [3.05, 3.63) is 0 Å². The quantitative estimate of drug-likeness (QED) is 0.690. The average molecular weight is 273 g/mol. The average Bonchev–Trinajstić information content (AvgIpc) is 3.08. The van der Waals surface area contributed by atoms with Gasteiger partial charge in [0.2, 0.25) is 0 Å². The molecule has 5 nitrogen and oxygen atoms in total. The topological polar surface area (TPSA) is 56.8 Å². The largest absolute Gasteiger partial charge is 0.444 e. The molecule has 0 saturated heterocycles. The number of alkyl carbamates (subject to hydrolysis) is 1. The maximum atomic E-state index is 11.7. The summed E-state index contributed by atoms with van der Waals surface area (Å²) in [4.78, 5) is 11.7. The predicted molar refractivity (Wildman–Crippen MR) is 73.2 cm³/mol. The number of rotatable bonds is 8. The van der Waals surface area contributed by atoms with Crippen LogP contribution < -0.4 is 5.32 Å². The van der Waals surface area contributed by atoms with Crippen molar-refractivity contribution in [2.45, 2.75) is 51.7 Å². The molecule has 112 valence electrons. The van der Waals surface area contributed by atoms with E-state index < -0.39 is 5.60 Å². The minimum atomic E-state index is -0.451. The molecule has 0 bridgehead atoms. The van der Waals surface area contributed by atoms with Gasteiger partial charge in [0.25, 0.3) is 0 Å². The van der Waals surface area contributed by atoms with Gasteiger partial charge in [-0.1, -0.05) is 0 Å². The first kappa shape index (κ1) is 16.2. The Morgan fingerprint density at radius 2 is 1.95 bits per heavy atom. The van der Waals surface area contributed by atoms with Crippen LogP contribution in [-0.4, -0.2) is 44.7 Å². The Bertz CT molecular complexity index is 271. The van der Waals surface area contributed by atoms with Gasteiger partial charge in [-0.25, -0.2) is 4.79 Å². The highest BCUT2D eigenvalue weighted by Gasteiger charge is 2.33. The molecular weight excluding hydrogens is 246 g/mol. The molecule has 1 aliphatic rings. The maximum Gasteiger partial charge on any atom is 0.407 e. The van der Waals surface area contributed by atoms with Crippen molar-refractivity contribution in [1.82, 2.24) is 5.32 Å². The zero-order valence-corrected chi connectivity index (χ0v) is 12.5. The van der Waals surface area contributed by atoms with Crippen molar-refractivity contribution < 1.29 is 19.0 Å². The van der Waals surface area contributed by atoms with Crippen LogP contribution in [0.15, 0.2) is 0 Å². The van der Waals surface area contributed by atoms with E-state index in [0.29, 0.717) is 25.7 Å². The highest BCUT2D eigenvalue weighted by molar-refractivity contribution is 5.68. The SMILES string of the molecule is COCCOCC[C@H](NC(=O)OC(C)(C)C)C1CC1. The Kier molecular flexibility index (Phi) is 6.58. The summed E-state index contributed by atoms with van der Waals surface area (Å²) in [6, 6.07) is 0.164. The molecule has 1 atom stereocenters. The van der Waals surface area contributed by atoms with Gasteiger partial charge in [-0.2, -0.15) is 0 Å². The minimum Gasteiger partial charge on any atom is -0.444 e. The van der Waals surface area contributed by atoms with Crippen LogP contribution in [0.2, 0.25) is 0 Å². The molecule has 0 aromatic rings. The molecule has 0 aliphatic heterocycles. The van der Waals surface area contributed by atoms with Gasteiger partial charge in [0.15, 0.2) is 0 Å². The van der Waals surface area contributed by atoms with E-state index in [1.54, 1.807) is 7.11 Å². The molecule has 0 heterocycles. The molecule has 1 rings (SSSR count). The predicted octanol–water partition coefficient (Wildman–Crippen LogP) is 2.34. The Morgan fingerprint density at radius 1 is 1.26 bits per heavy atom. The fourth-order valence-corrected chi connectivity index (χ4v) is 1.84. The summed E-state index contributed by atoms with van der Waals surface area (Å²) in [6.45, 7) is 7.44. The fourth-order valence-electron chi connectivity index (χ4n) is 1.84. The van der Waals surface area contributed by atoms with Crippen LogP contribution in [0.5, 0.6) is 0 Å². The summed E-state index contributed by atoms with van der Waals surface area (Å²) in [7, 11) is 1.65. The van der Waals surface area contributed by atoms with Crippen LogP contribution in [0.3, 0.4) is 0 Å². The van der Waals surface area contributed by atoms with Crippen molar-refractivity contribution >= 4 is 6.09 Å². The lowest BCUT2D eigenvalue weighted by Gasteiger charge is -2.23. The second-order valence-electron chi connectivity index (χ2n) is 5.98. The normalized spacial score (nSPS) is 17.1. The van der Waals surface area contributed by atoms with E-state index in [1.165, 1.54) is 12.8 Å². The summed E-state index contributed by atoms with van der Waals surface area (Å²) in [6.07, 6.45) is 2.85. The van der Waals surface area contributed by atoms with Crippen LogP contribution in [0.25, 0.3) is 0 Å². The van der Waals surface area contributed by atoms with Crippen LogP contribution >= 0.6 is 0 Å². The minimum absolute atomic E-state index is 0.164. The molecular formula is C14H27NO4. The molecule has 19 heavy (non-hydrogen) atoms. The molecule has 0 unspecified atom stereocenters. The Morgan fingerprint density at radius 3 is 2.47 bits per heavy atom. The lowest BCUT2D eigenvalue weighted by Crippen LogP contribution is -2.40. The number of hydrogen-bond acceptors (Lipinski definition) is 4. The number of carbonyl (C=O) groups excluding carboxylic acids is 1. The lowest BCUT2D eigenvalue weighted by atomic mass is 10.1. The smallest absolute Gasteiger partial charge is 0.407 e. The number of nitrogens with one attached hydrogen (secondary N) is 1. The number of carbonyl (C=O) groups is 1. The van der Waals surface area contributed by atoms with Gasteiger partial charge in [-0.3, -0.25) is 0 Å². The number of methoxy groups -OCH3 is 1. The van der Waals surface area contributed by atoms with E-state index in [1.807, 2.05) is 20.8 Å². The fraction of sp³-hybridized carbons (Fsp3) is 0.929. The van der Waals surface area contributed by atoms with Gasteiger partial charge < -0.3 is 19.5 Å². The summed E-state index contributed by atoms with van der Waals surface area (Å²) >= 11 is 0.